The minimum absolute atomic E-state index is 0.143. The number of hydrogen-bond acceptors (Lipinski definition) is 4. The fraction of sp³-hybridized carbons (Fsp3) is 0.0769. The first-order valence-electron chi connectivity index (χ1n) is 5.72. The summed E-state index contributed by atoms with van der Waals surface area (Å²) in [4.78, 5) is 18.2. The molecule has 1 N–H and O–H groups in total. The minimum atomic E-state index is -2.07. The van der Waals surface area contributed by atoms with E-state index in [0.29, 0.717) is 11.1 Å². The zero-order valence-electron chi connectivity index (χ0n) is 10.4. The van der Waals surface area contributed by atoms with Crippen LogP contribution in [0.1, 0.15) is 10.6 Å². The second kappa shape index (κ2) is 4.93. The molecular weight excluding hydrogens is 296 g/mol. The highest BCUT2D eigenvalue weighted by Gasteiger charge is 2.30. The van der Waals surface area contributed by atoms with Crippen LogP contribution in [0.2, 0.25) is 0 Å². The fourth-order valence-corrected chi connectivity index (χ4v) is 3.08. The molecule has 1 aliphatic rings. The summed E-state index contributed by atoms with van der Waals surface area (Å²) in [7, 11) is 1.68. The fourth-order valence-electron chi connectivity index (χ4n) is 2.11. The Bertz CT molecular complexity index is 738. The third-order valence-electron chi connectivity index (χ3n) is 3.08. The number of anilines is 1. The predicted octanol–water partition coefficient (Wildman–Crippen LogP) is 2.24. The van der Waals surface area contributed by atoms with Gasteiger partial charge in [0.05, 0.1) is 16.2 Å². The Kier molecular flexibility index (Phi) is 3.25. The Morgan fingerprint density at radius 2 is 2.25 bits per heavy atom. The second-order valence-corrected chi connectivity index (χ2v) is 6.12. The van der Waals surface area contributed by atoms with Crippen molar-refractivity contribution >= 4 is 45.7 Å². The van der Waals surface area contributed by atoms with E-state index >= 15 is 0 Å². The smallest absolute Gasteiger partial charge is 0.258 e. The summed E-state index contributed by atoms with van der Waals surface area (Å²) in [5, 5.41) is 2.56. The van der Waals surface area contributed by atoms with Crippen LogP contribution in [0, 0.1) is 0 Å². The first-order valence-corrected chi connectivity index (χ1v) is 7.71. The third kappa shape index (κ3) is 2.09. The van der Waals surface area contributed by atoms with Crippen LogP contribution in [-0.2, 0) is 15.9 Å². The Morgan fingerprint density at radius 1 is 1.45 bits per heavy atom. The molecule has 1 aromatic carbocycles. The Balaban J connectivity index is 2.17. The van der Waals surface area contributed by atoms with E-state index in [1.807, 2.05) is 5.38 Å². The molecule has 1 unspecified atom stereocenters. The van der Waals surface area contributed by atoms with Crippen LogP contribution in [0.25, 0.3) is 11.6 Å². The molecule has 102 valence electrons. The van der Waals surface area contributed by atoms with Gasteiger partial charge in [-0.1, -0.05) is 0 Å². The predicted molar refractivity (Wildman–Crippen MR) is 78.9 cm³/mol. The number of amides is 1. The average Bonchev–Trinajstić information content (AvgIpc) is 3.02. The molecule has 0 saturated heterocycles. The number of thiazole rings is 1. The maximum absolute atomic E-state index is 12.3. The molecule has 0 fully saturated rings. The van der Waals surface area contributed by atoms with Crippen molar-refractivity contribution in [2.45, 2.75) is 4.90 Å². The highest BCUT2D eigenvalue weighted by atomic mass is 32.2. The number of rotatable bonds is 2. The van der Waals surface area contributed by atoms with Crippen molar-refractivity contribution in [3.8, 4) is 0 Å². The van der Waals surface area contributed by atoms with Gasteiger partial charge in [-0.05, 0) is 24.3 Å². The van der Waals surface area contributed by atoms with Crippen molar-refractivity contribution in [3.63, 3.8) is 0 Å². The maximum Gasteiger partial charge on any atom is 0.258 e. The summed E-state index contributed by atoms with van der Waals surface area (Å²) in [5.41, 5.74) is 1.88. The van der Waals surface area contributed by atoms with Crippen LogP contribution in [0.15, 0.2) is 34.7 Å². The lowest BCUT2D eigenvalue weighted by Gasteiger charge is -2.08. The quantitative estimate of drug-likeness (QED) is 0.682. The molecule has 0 radical (unpaired) electrons. The molecule has 0 aliphatic carbocycles. The molecule has 1 aliphatic heterocycles. The summed E-state index contributed by atoms with van der Waals surface area (Å²) >= 11 is -0.637. The van der Waals surface area contributed by atoms with E-state index in [1.165, 1.54) is 16.2 Å². The van der Waals surface area contributed by atoms with Gasteiger partial charge in [0.15, 0.2) is 11.1 Å². The number of carbonyl (C=O) groups excluding carboxylic acids is 1. The van der Waals surface area contributed by atoms with E-state index in [9.17, 15) is 13.6 Å². The summed E-state index contributed by atoms with van der Waals surface area (Å²) in [6.45, 7) is 0. The average molecular weight is 306 g/mol. The lowest BCUT2D eigenvalue weighted by Crippen LogP contribution is -2.20. The molecule has 0 saturated carbocycles. The van der Waals surface area contributed by atoms with E-state index in [0.717, 1.165) is 10.7 Å². The number of benzene rings is 1. The zero-order chi connectivity index (χ0) is 14.3. The van der Waals surface area contributed by atoms with Crippen LogP contribution in [0.5, 0.6) is 0 Å². The van der Waals surface area contributed by atoms with Gasteiger partial charge in [-0.3, -0.25) is 4.79 Å². The molecular formula is C13H10N2O3S2. The second-order valence-electron chi connectivity index (χ2n) is 4.22. The first-order chi connectivity index (χ1) is 9.58. The molecule has 0 spiro atoms. The van der Waals surface area contributed by atoms with E-state index in [1.54, 1.807) is 37.5 Å². The van der Waals surface area contributed by atoms with Gasteiger partial charge in [0, 0.05) is 24.2 Å². The van der Waals surface area contributed by atoms with Crippen molar-refractivity contribution in [2.75, 3.05) is 11.9 Å². The summed E-state index contributed by atoms with van der Waals surface area (Å²) in [6.07, 6.45) is 3.37. The van der Waals surface area contributed by atoms with Gasteiger partial charge in [-0.2, -0.15) is 0 Å². The number of hydrogen-bond donors (Lipinski definition) is 1. The van der Waals surface area contributed by atoms with Crippen LogP contribution in [0.3, 0.4) is 0 Å². The maximum atomic E-state index is 12.3. The number of nitrogens with zero attached hydrogens (tertiary/aromatic N) is 2. The number of fused-ring (bicyclic) bond motifs is 1. The van der Waals surface area contributed by atoms with Crippen LogP contribution < -0.4 is 4.90 Å². The topological polar surface area (TPSA) is 70.5 Å². The van der Waals surface area contributed by atoms with Crippen molar-refractivity contribution in [2.24, 2.45) is 0 Å². The Morgan fingerprint density at radius 3 is 2.90 bits per heavy atom. The normalized spacial score (nSPS) is 17.6. The molecule has 2 aromatic rings. The summed E-state index contributed by atoms with van der Waals surface area (Å²) in [5.74, 6) is -0.143. The van der Waals surface area contributed by atoms with Gasteiger partial charge in [-0.25, -0.2) is 9.19 Å². The molecule has 0 bridgehead atoms. The first kappa shape index (κ1) is 13.2. The number of carbonyl (C=O) groups is 1. The largest absolute Gasteiger partial charge is 0.311 e. The van der Waals surface area contributed by atoms with Crippen molar-refractivity contribution in [1.29, 1.82) is 0 Å². The van der Waals surface area contributed by atoms with Crippen molar-refractivity contribution in [3.05, 3.63) is 40.3 Å². The van der Waals surface area contributed by atoms with Gasteiger partial charge in [-0.15, -0.1) is 11.3 Å². The lowest BCUT2D eigenvalue weighted by atomic mass is 10.1. The molecule has 1 amide bonds. The monoisotopic (exact) mass is 306 g/mol. The molecule has 7 heteroatoms. The molecule has 5 nitrogen and oxygen atoms in total. The highest BCUT2D eigenvalue weighted by Crippen LogP contribution is 2.38. The van der Waals surface area contributed by atoms with Gasteiger partial charge in [0.1, 0.15) is 5.01 Å². The van der Waals surface area contributed by atoms with Crippen LogP contribution in [0.4, 0.5) is 5.69 Å². The third-order valence-corrected chi connectivity index (χ3v) is 4.46. The molecule has 20 heavy (non-hydrogen) atoms. The highest BCUT2D eigenvalue weighted by molar-refractivity contribution is 7.79. The SMILES string of the molecule is CN1C(=O)/C(=C/c2nccs2)c2cc(S(=O)O)ccc21. The standard InChI is InChI=1S/C13H10N2O3S2/c1-15-11-3-2-8(20(17)18)6-9(11)10(13(15)16)7-12-14-4-5-19-12/h2-7H,1H3,(H,17,18)/b10-7+. The summed E-state index contributed by atoms with van der Waals surface area (Å²) in [6, 6.07) is 4.80. The van der Waals surface area contributed by atoms with Crippen LogP contribution in [-0.4, -0.2) is 26.7 Å². The Labute approximate surface area is 121 Å². The van der Waals surface area contributed by atoms with Gasteiger partial charge in [0.2, 0.25) is 0 Å². The molecule has 1 aromatic heterocycles. The molecule has 1 atom stereocenters. The van der Waals surface area contributed by atoms with Gasteiger partial charge >= 0.3 is 0 Å². The number of aromatic nitrogens is 1. The van der Waals surface area contributed by atoms with Crippen molar-refractivity contribution < 1.29 is 13.6 Å². The minimum Gasteiger partial charge on any atom is -0.311 e. The van der Waals surface area contributed by atoms with E-state index in [4.69, 9.17) is 0 Å². The van der Waals surface area contributed by atoms with Crippen molar-refractivity contribution in [1.82, 2.24) is 4.98 Å². The van der Waals surface area contributed by atoms with Gasteiger partial charge in [0.25, 0.3) is 5.91 Å². The van der Waals surface area contributed by atoms with E-state index in [2.05, 4.69) is 4.98 Å². The number of likely N-dealkylation sites (N-methyl/N-ethyl adjacent to an activating group) is 1. The van der Waals surface area contributed by atoms with Gasteiger partial charge < -0.3 is 9.45 Å². The van der Waals surface area contributed by atoms with E-state index in [-0.39, 0.29) is 10.8 Å². The van der Waals surface area contributed by atoms with E-state index < -0.39 is 11.1 Å². The van der Waals surface area contributed by atoms with Crippen LogP contribution >= 0.6 is 11.3 Å². The zero-order valence-corrected chi connectivity index (χ0v) is 12.1. The Hall–Kier alpha value is -1.83. The lowest BCUT2D eigenvalue weighted by molar-refractivity contribution is -0.112. The molecule has 3 rings (SSSR count). The molecule has 2 heterocycles. The summed E-state index contributed by atoms with van der Waals surface area (Å²) < 4.78 is 20.3.